The predicted molar refractivity (Wildman–Crippen MR) is 94.4 cm³/mol. The number of methoxy groups -OCH3 is 1. The topological polar surface area (TPSA) is 87.7 Å². The zero-order valence-corrected chi connectivity index (χ0v) is 15.4. The minimum Gasteiger partial charge on any atom is -0.497 e. The summed E-state index contributed by atoms with van der Waals surface area (Å²) >= 11 is 0. The second-order valence-electron chi connectivity index (χ2n) is 6.71. The second-order valence-corrected chi connectivity index (χ2v) is 8.47. The van der Waals surface area contributed by atoms with Gasteiger partial charge in [0.25, 0.3) is 10.2 Å². The lowest BCUT2D eigenvalue weighted by Gasteiger charge is -2.36. The van der Waals surface area contributed by atoms with E-state index in [0.29, 0.717) is 12.2 Å². The van der Waals surface area contributed by atoms with E-state index < -0.39 is 22.3 Å². The quantitative estimate of drug-likeness (QED) is 0.840. The van der Waals surface area contributed by atoms with Crippen molar-refractivity contribution in [3.8, 4) is 5.75 Å². The van der Waals surface area contributed by atoms with Gasteiger partial charge in [0.05, 0.1) is 7.11 Å². The normalized spacial score (nSPS) is 27.1. The summed E-state index contributed by atoms with van der Waals surface area (Å²) in [7, 11) is -0.681. The fourth-order valence-electron chi connectivity index (χ4n) is 3.53. The van der Waals surface area contributed by atoms with Crippen LogP contribution in [-0.2, 0) is 15.0 Å². The third-order valence-electron chi connectivity index (χ3n) is 5.09. The van der Waals surface area contributed by atoms with Crippen molar-refractivity contribution in [1.82, 2.24) is 14.3 Å². The Morgan fingerprint density at radius 1 is 1.24 bits per heavy atom. The molecule has 0 bridgehead atoms. The number of hydrogen-bond acceptors (Lipinski definition) is 4. The van der Waals surface area contributed by atoms with Crippen LogP contribution in [0.4, 0.5) is 0 Å². The van der Waals surface area contributed by atoms with Crippen LogP contribution in [0.25, 0.3) is 0 Å². The minimum atomic E-state index is -3.71. The van der Waals surface area contributed by atoms with Gasteiger partial charge in [-0.25, -0.2) is 0 Å². The summed E-state index contributed by atoms with van der Waals surface area (Å²) in [6.45, 7) is 0. The third kappa shape index (κ3) is 3.96. The Morgan fingerprint density at radius 2 is 1.88 bits per heavy atom. The first-order valence-corrected chi connectivity index (χ1v) is 10.0. The summed E-state index contributed by atoms with van der Waals surface area (Å²) in [6.07, 6.45) is 4.55. The van der Waals surface area contributed by atoms with Crippen LogP contribution in [0.15, 0.2) is 24.3 Å². The first-order chi connectivity index (χ1) is 11.9. The van der Waals surface area contributed by atoms with E-state index in [4.69, 9.17) is 4.74 Å². The van der Waals surface area contributed by atoms with Gasteiger partial charge in [0, 0.05) is 19.1 Å². The monoisotopic (exact) mass is 367 g/mol. The Labute approximate surface area is 148 Å². The summed E-state index contributed by atoms with van der Waals surface area (Å²) in [5.41, 5.74) is 0.816. The van der Waals surface area contributed by atoms with Gasteiger partial charge in [-0.15, -0.1) is 0 Å². The van der Waals surface area contributed by atoms with Crippen LogP contribution in [-0.4, -0.2) is 44.9 Å². The van der Waals surface area contributed by atoms with Crippen molar-refractivity contribution in [3.63, 3.8) is 0 Å². The molecule has 1 saturated carbocycles. The zero-order chi connectivity index (χ0) is 18.0. The molecule has 0 unspecified atom stereocenters. The van der Waals surface area contributed by atoms with Gasteiger partial charge in [-0.2, -0.15) is 17.4 Å². The van der Waals surface area contributed by atoms with Gasteiger partial charge in [-0.1, -0.05) is 25.0 Å². The highest BCUT2D eigenvalue weighted by Crippen LogP contribution is 2.29. The highest BCUT2D eigenvalue weighted by molar-refractivity contribution is 7.87. The highest BCUT2D eigenvalue weighted by Gasteiger charge is 2.41. The first-order valence-electron chi connectivity index (χ1n) is 8.60. The van der Waals surface area contributed by atoms with Crippen molar-refractivity contribution in [2.45, 2.75) is 50.2 Å². The molecule has 0 radical (unpaired) electrons. The Kier molecular flexibility index (Phi) is 5.31. The Hall–Kier alpha value is -1.64. The minimum absolute atomic E-state index is 0.165. The number of carbonyl (C=O) groups is 1. The number of ether oxygens (including phenoxy) is 1. The number of rotatable bonds is 4. The van der Waals surface area contributed by atoms with Crippen LogP contribution in [0.5, 0.6) is 5.75 Å². The highest BCUT2D eigenvalue weighted by atomic mass is 32.2. The van der Waals surface area contributed by atoms with Gasteiger partial charge < -0.3 is 10.1 Å². The summed E-state index contributed by atoms with van der Waals surface area (Å²) in [6, 6.07) is 6.24. The van der Waals surface area contributed by atoms with Gasteiger partial charge in [-0.3, -0.25) is 4.79 Å². The summed E-state index contributed by atoms with van der Waals surface area (Å²) < 4.78 is 33.8. The number of nitrogens with one attached hydrogen (secondary N) is 2. The molecule has 2 N–H and O–H groups in total. The van der Waals surface area contributed by atoms with E-state index in [0.717, 1.165) is 35.6 Å². The van der Waals surface area contributed by atoms with Crippen molar-refractivity contribution in [1.29, 1.82) is 0 Å². The average molecular weight is 367 g/mol. The fraction of sp³-hybridized carbons (Fsp3) is 0.588. The van der Waals surface area contributed by atoms with E-state index in [-0.39, 0.29) is 11.9 Å². The molecule has 1 amide bonds. The molecule has 2 fully saturated rings. The number of benzene rings is 1. The van der Waals surface area contributed by atoms with Crippen LogP contribution >= 0.6 is 0 Å². The van der Waals surface area contributed by atoms with Gasteiger partial charge in [-0.05, 0) is 37.0 Å². The van der Waals surface area contributed by atoms with Crippen molar-refractivity contribution in [2.75, 3.05) is 14.2 Å². The number of likely N-dealkylation sites (N-methyl/N-ethyl adjacent to an activating group) is 1. The molecule has 25 heavy (non-hydrogen) atoms. The second kappa shape index (κ2) is 7.31. The van der Waals surface area contributed by atoms with Crippen molar-refractivity contribution < 1.29 is 17.9 Å². The van der Waals surface area contributed by atoms with E-state index in [1.165, 1.54) is 7.05 Å². The summed E-state index contributed by atoms with van der Waals surface area (Å²) in [5.74, 6) is 0.494. The van der Waals surface area contributed by atoms with Crippen molar-refractivity contribution in [2.24, 2.45) is 0 Å². The first kappa shape index (κ1) is 18.2. The molecule has 1 saturated heterocycles. The van der Waals surface area contributed by atoms with Gasteiger partial charge in [0.1, 0.15) is 11.8 Å². The zero-order valence-electron chi connectivity index (χ0n) is 14.6. The van der Waals surface area contributed by atoms with Crippen LogP contribution in [0.1, 0.15) is 43.7 Å². The van der Waals surface area contributed by atoms with E-state index in [9.17, 15) is 13.2 Å². The number of carbonyl (C=O) groups excluding carboxylic acids is 1. The molecule has 2 aliphatic rings. The van der Waals surface area contributed by atoms with Crippen LogP contribution in [0.2, 0.25) is 0 Å². The molecular formula is C17H25N3O4S. The summed E-state index contributed by atoms with van der Waals surface area (Å²) in [4.78, 5) is 12.7. The van der Waals surface area contributed by atoms with E-state index >= 15 is 0 Å². The Bertz CT molecular complexity index is 714. The molecule has 1 heterocycles. The molecule has 138 valence electrons. The van der Waals surface area contributed by atoms with Crippen molar-refractivity contribution >= 4 is 16.1 Å². The van der Waals surface area contributed by atoms with Gasteiger partial charge in [0.15, 0.2) is 0 Å². The van der Waals surface area contributed by atoms with Gasteiger partial charge >= 0.3 is 0 Å². The average Bonchev–Trinajstić information content (AvgIpc) is 3.10. The molecule has 1 aromatic rings. The fourth-order valence-corrected chi connectivity index (χ4v) is 4.81. The van der Waals surface area contributed by atoms with Crippen LogP contribution in [0.3, 0.4) is 0 Å². The molecule has 0 aromatic heterocycles. The molecule has 7 nitrogen and oxygen atoms in total. The lowest BCUT2D eigenvalue weighted by atomic mass is 9.99. The molecule has 8 heteroatoms. The molecule has 1 aromatic carbocycles. The van der Waals surface area contributed by atoms with E-state index in [2.05, 4.69) is 10.0 Å². The molecule has 2 atom stereocenters. The summed E-state index contributed by atoms with van der Waals surface area (Å²) in [5, 5.41) is 3.01. The molecular weight excluding hydrogens is 342 g/mol. The smallest absolute Gasteiger partial charge is 0.280 e. The SMILES string of the molecule is COc1ccc([C@@H]2C[C@H](C(=O)NC3CCCC3)N(C)S(=O)(=O)N2)cc1. The van der Waals surface area contributed by atoms with Crippen molar-refractivity contribution in [3.05, 3.63) is 29.8 Å². The largest absolute Gasteiger partial charge is 0.497 e. The molecule has 1 aliphatic carbocycles. The Morgan fingerprint density at radius 3 is 2.48 bits per heavy atom. The standard InChI is InChI=1S/C17H25N3O4S/c1-20-16(17(21)18-13-5-3-4-6-13)11-15(19-25(20,22)23)12-7-9-14(24-2)10-8-12/h7-10,13,15-16,19H,3-6,11H2,1-2H3,(H,18,21)/t15-,16+/m0/s1. The van der Waals surface area contributed by atoms with E-state index in [1.54, 1.807) is 19.2 Å². The number of amides is 1. The van der Waals surface area contributed by atoms with Crippen LogP contribution in [0, 0.1) is 0 Å². The third-order valence-corrected chi connectivity index (χ3v) is 6.69. The molecule has 3 rings (SSSR count). The van der Waals surface area contributed by atoms with Gasteiger partial charge in [0.2, 0.25) is 5.91 Å². The van der Waals surface area contributed by atoms with E-state index in [1.807, 2.05) is 12.1 Å². The maximum Gasteiger partial charge on any atom is 0.280 e. The lowest BCUT2D eigenvalue weighted by Crippen LogP contribution is -2.58. The Balaban J connectivity index is 1.78. The number of nitrogens with zero attached hydrogens (tertiary/aromatic N) is 1. The van der Waals surface area contributed by atoms with Crippen LogP contribution < -0.4 is 14.8 Å². The maximum atomic E-state index is 12.7. The molecule has 1 aliphatic heterocycles. The number of hydrogen-bond donors (Lipinski definition) is 2. The predicted octanol–water partition coefficient (Wildman–Crippen LogP) is 1.33. The maximum absolute atomic E-state index is 12.7. The molecule has 0 spiro atoms. The lowest BCUT2D eigenvalue weighted by molar-refractivity contribution is -0.126.